The third-order valence-corrected chi connectivity index (χ3v) is 4.66. The molecule has 3 heterocycles. The Kier molecular flexibility index (Phi) is 8.91. The van der Waals surface area contributed by atoms with Crippen LogP contribution in [0.2, 0.25) is 0 Å². The van der Waals surface area contributed by atoms with Crippen LogP contribution in [0.1, 0.15) is 30.9 Å². The molecule has 2 N–H and O–H groups in total. The van der Waals surface area contributed by atoms with Crippen LogP contribution in [0, 0.1) is 0 Å². The molecule has 3 rings (SSSR count). The van der Waals surface area contributed by atoms with Crippen LogP contribution in [0.4, 0.5) is 0 Å². The van der Waals surface area contributed by atoms with E-state index in [-0.39, 0.29) is 24.8 Å². The van der Waals surface area contributed by atoms with Crippen molar-refractivity contribution < 1.29 is 4.79 Å². The Morgan fingerprint density at radius 3 is 2.48 bits per heavy atom. The van der Waals surface area contributed by atoms with Gasteiger partial charge in [0.2, 0.25) is 5.91 Å². The molecule has 6 nitrogen and oxygen atoms in total. The number of hydrogen-bond acceptors (Lipinski definition) is 4. The normalized spacial score (nSPS) is 19.7. The highest BCUT2D eigenvalue weighted by Crippen LogP contribution is 2.26. The minimum atomic E-state index is 0. The number of nitrogens with zero attached hydrogens (tertiary/aromatic N) is 3. The zero-order chi connectivity index (χ0) is 14.5. The van der Waals surface area contributed by atoms with E-state index in [9.17, 15) is 4.79 Å². The number of rotatable bonds is 4. The fourth-order valence-electron chi connectivity index (χ4n) is 3.28. The van der Waals surface area contributed by atoms with Crippen molar-refractivity contribution in [2.24, 2.45) is 0 Å². The second-order valence-electron chi connectivity index (χ2n) is 6.00. The molecule has 8 heteroatoms. The molecule has 0 radical (unpaired) electrons. The topological polar surface area (TPSA) is 64.3 Å². The van der Waals surface area contributed by atoms with E-state index in [0.717, 1.165) is 58.7 Å². The zero-order valence-corrected chi connectivity index (χ0v) is 15.0. The number of piperazine rings is 1. The molecular weight excluding hydrogens is 337 g/mol. The lowest BCUT2D eigenvalue weighted by Gasteiger charge is -2.32. The Morgan fingerprint density at radius 1 is 1.17 bits per heavy atom. The van der Waals surface area contributed by atoms with E-state index in [1.54, 1.807) is 6.33 Å². The van der Waals surface area contributed by atoms with Crippen LogP contribution in [-0.4, -0.2) is 71.5 Å². The number of amides is 1. The first-order chi connectivity index (χ1) is 10.3. The lowest BCUT2D eigenvalue weighted by molar-refractivity contribution is -0.132. The molecule has 1 amide bonds. The average Bonchev–Trinajstić information content (AvgIpc) is 3.08. The molecule has 23 heavy (non-hydrogen) atoms. The second-order valence-corrected chi connectivity index (χ2v) is 6.00. The highest BCUT2D eigenvalue weighted by Gasteiger charge is 2.23. The first kappa shape index (κ1) is 20.2. The Hall–Kier alpha value is -0.820. The third kappa shape index (κ3) is 5.64. The molecule has 1 aromatic rings. The van der Waals surface area contributed by atoms with Crippen LogP contribution in [0.3, 0.4) is 0 Å². The van der Waals surface area contributed by atoms with Crippen molar-refractivity contribution in [1.29, 1.82) is 0 Å². The Labute approximate surface area is 150 Å². The lowest BCUT2D eigenvalue weighted by Crippen LogP contribution is -2.47. The average molecular weight is 364 g/mol. The molecule has 0 unspecified atom stereocenters. The van der Waals surface area contributed by atoms with Crippen molar-refractivity contribution >= 4 is 30.7 Å². The largest absolute Gasteiger partial charge is 0.348 e. The second kappa shape index (κ2) is 10.1. The van der Waals surface area contributed by atoms with Crippen LogP contribution < -0.4 is 5.32 Å². The molecular formula is C15H27Cl2N5O. The number of aromatic nitrogens is 2. The summed E-state index contributed by atoms with van der Waals surface area (Å²) in [7, 11) is 0. The molecule has 0 bridgehead atoms. The summed E-state index contributed by atoms with van der Waals surface area (Å²) in [5.41, 5.74) is 1.26. The summed E-state index contributed by atoms with van der Waals surface area (Å²) in [6, 6.07) is 0. The maximum atomic E-state index is 12.2. The summed E-state index contributed by atoms with van der Waals surface area (Å²) in [5, 5.41) is 3.28. The van der Waals surface area contributed by atoms with Crippen molar-refractivity contribution in [1.82, 2.24) is 25.1 Å². The molecule has 1 aromatic heterocycles. The van der Waals surface area contributed by atoms with Crippen LogP contribution >= 0.6 is 24.8 Å². The third-order valence-electron chi connectivity index (χ3n) is 4.66. The van der Waals surface area contributed by atoms with Gasteiger partial charge in [0.1, 0.15) is 0 Å². The Balaban J connectivity index is 0.00000132. The minimum Gasteiger partial charge on any atom is -0.348 e. The van der Waals surface area contributed by atoms with Crippen LogP contribution in [-0.2, 0) is 4.79 Å². The predicted octanol–water partition coefficient (Wildman–Crippen LogP) is 1.25. The van der Waals surface area contributed by atoms with Gasteiger partial charge in [-0.1, -0.05) is 0 Å². The number of imidazole rings is 1. The van der Waals surface area contributed by atoms with Crippen molar-refractivity contribution in [3.63, 3.8) is 0 Å². The van der Waals surface area contributed by atoms with Crippen molar-refractivity contribution in [3.8, 4) is 0 Å². The first-order valence-corrected chi connectivity index (χ1v) is 8.02. The van der Waals surface area contributed by atoms with Gasteiger partial charge in [-0.3, -0.25) is 4.79 Å². The molecule has 2 aliphatic heterocycles. The van der Waals surface area contributed by atoms with Gasteiger partial charge in [-0.15, -0.1) is 24.8 Å². The van der Waals surface area contributed by atoms with E-state index >= 15 is 0 Å². The molecule has 0 aromatic carbocycles. The van der Waals surface area contributed by atoms with E-state index < -0.39 is 0 Å². The summed E-state index contributed by atoms with van der Waals surface area (Å²) < 4.78 is 0. The smallest absolute Gasteiger partial charge is 0.223 e. The number of H-pyrrole nitrogens is 1. The molecule has 2 fully saturated rings. The SMILES string of the molecule is Cl.Cl.O=C(CCN1CCC(c2cnc[nH]2)CC1)N1CCNCC1. The van der Waals surface area contributed by atoms with Gasteiger partial charge in [-0.2, -0.15) is 0 Å². The highest BCUT2D eigenvalue weighted by molar-refractivity contribution is 5.85. The van der Waals surface area contributed by atoms with Gasteiger partial charge in [0.15, 0.2) is 0 Å². The molecule has 0 spiro atoms. The minimum absolute atomic E-state index is 0. The maximum absolute atomic E-state index is 12.2. The van der Waals surface area contributed by atoms with Gasteiger partial charge in [-0.25, -0.2) is 4.98 Å². The Morgan fingerprint density at radius 2 is 1.87 bits per heavy atom. The molecule has 132 valence electrons. The quantitative estimate of drug-likeness (QED) is 0.844. The van der Waals surface area contributed by atoms with Crippen LogP contribution in [0.25, 0.3) is 0 Å². The van der Waals surface area contributed by atoms with Gasteiger partial charge in [-0.05, 0) is 25.9 Å². The summed E-state index contributed by atoms with van der Waals surface area (Å²) in [4.78, 5) is 23.9. The van der Waals surface area contributed by atoms with Crippen LogP contribution in [0.5, 0.6) is 0 Å². The van der Waals surface area contributed by atoms with Gasteiger partial charge < -0.3 is 20.1 Å². The zero-order valence-electron chi connectivity index (χ0n) is 13.4. The molecule has 0 atom stereocenters. The van der Waals surface area contributed by atoms with E-state index in [1.807, 2.05) is 11.1 Å². The van der Waals surface area contributed by atoms with Gasteiger partial charge in [0, 0.05) is 57.0 Å². The van der Waals surface area contributed by atoms with E-state index in [1.165, 1.54) is 5.69 Å². The number of hydrogen-bond donors (Lipinski definition) is 2. The van der Waals surface area contributed by atoms with Crippen molar-refractivity contribution in [3.05, 3.63) is 18.2 Å². The van der Waals surface area contributed by atoms with E-state index in [2.05, 4.69) is 20.2 Å². The maximum Gasteiger partial charge on any atom is 0.223 e. The number of piperidine rings is 1. The monoisotopic (exact) mass is 363 g/mol. The number of likely N-dealkylation sites (tertiary alicyclic amines) is 1. The van der Waals surface area contributed by atoms with Gasteiger partial charge >= 0.3 is 0 Å². The summed E-state index contributed by atoms with van der Waals surface area (Å²) in [5.74, 6) is 0.916. The van der Waals surface area contributed by atoms with Gasteiger partial charge in [0.25, 0.3) is 0 Å². The molecule has 0 aliphatic carbocycles. The summed E-state index contributed by atoms with van der Waals surface area (Å²) in [6.45, 7) is 6.65. The number of nitrogens with one attached hydrogen (secondary N) is 2. The number of carbonyl (C=O) groups excluding carboxylic acids is 1. The van der Waals surface area contributed by atoms with Crippen LogP contribution in [0.15, 0.2) is 12.5 Å². The fourth-order valence-corrected chi connectivity index (χ4v) is 3.28. The number of halogens is 2. The number of carbonyl (C=O) groups is 1. The lowest BCUT2D eigenvalue weighted by atomic mass is 9.94. The molecule has 0 saturated carbocycles. The first-order valence-electron chi connectivity index (χ1n) is 8.02. The number of aromatic amines is 1. The summed E-state index contributed by atoms with van der Waals surface area (Å²) in [6.07, 6.45) is 6.67. The van der Waals surface area contributed by atoms with Crippen molar-refractivity contribution in [2.45, 2.75) is 25.2 Å². The summed E-state index contributed by atoms with van der Waals surface area (Å²) >= 11 is 0. The Bertz CT molecular complexity index is 443. The van der Waals surface area contributed by atoms with Gasteiger partial charge in [0.05, 0.1) is 6.33 Å². The molecule has 2 saturated heterocycles. The fraction of sp³-hybridized carbons (Fsp3) is 0.733. The molecule has 2 aliphatic rings. The van der Waals surface area contributed by atoms with E-state index in [4.69, 9.17) is 0 Å². The standard InChI is InChI=1S/C15H25N5O.2ClH/c21-15(20-9-4-16-5-10-20)3-8-19-6-1-13(2-7-19)14-11-17-12-18-14;;/h11-13,16H,1-10H2,(H,17,18);2*1H. The highest BCUT2D eigenvalue weighted by atomic mass is 35.5. The van der Waals surface area contributed by atoms with E-state index in [0.29, 0.717) is 18.2 Å². The van der Waals surface area contributed by atoms with Crippen molar-refractivity contribution in [2.75, 3.05) is 45.8 Å². The predicted molar refractivity (Wildman–Crippen MR) is 95.6 cm³/mol.